The predicted octanol–water partition coefficient (Wildman–Crippen LogP) is 1.77. The van der Waals surface area contributed by atoms with Crippen LogP contribution in [0.25, 0.3) is 10.9 Å². The normalized spacial score (nSPS) is 10.9. The van der Waals surface area contributed by atoms with Gasteiger partial charge in [-0.25, -0.2) is 9.18 Å². The fourth-order valence-corrected chi connectivity index (χ4v) is 1.72. The lowest BCUT2D eigenvalue weighted by atomic mass is 10.2. The summed E-state index contributed by atoms with van der Waals surface area (Å²) in [6.07, 6.45) is 0. The first-order chi connectivity index (χ1) is 7.00. The number of aromatic amines is 2. The van der Waals surface area contributed by atoms with Crippen LogP contribution in [0.2, 0.25) is 5.02 Å². The molecule has 15 heavy (non-hydrogen) atoms. The number of nitrogens with one attached hydrogen (secondary N) is 2. The van der Waals surface area contributed by atoms with Crippen molar-refractivity contribution in [1.82, 2.24) is 9.97 Å². The summed E-state index contributed by atoms with van der Waals surface area (Å²) in [7, 11) is 0. The van der Waals surface area contributed by atoms with Gasteiger partial charge >= 0.3 is 5.69 Å². The molecule has 0 radical (unpaired) electrons. The van der Waals surface area contributed by atoms with E-state index in [0.717, 1.165) is 0 Å². The average Bonchev–Trinajstić information content (AvgIpc) is 2.17. The molecule has 0 amide bonds. The molecule has 7 heteroatoms. The van der Waals surface area contributed by atoms with E-state index in [1.165, 1.54) is 6.07 Å². The Balaban J connectivity index is 3.12. The highest BCUT2D eigenvalue weighted by Gasteiger charge is 2.13. The first kappa shape index (κ1) is 10.4. The first-order valence-corrected chi connectivity index (χ1v) is 4.97. The zero-order chi connectivity index (χ0) is 11.2. The van der Waals surface area contributed by atoms with E-state index in [1.807, 2.05) is 4.98 Å². The van der Waals surface area contributed by atoms with Crippen molar-refractivity contribution in [3.63, 3.8) is 0 Å². The van der Waals surface area contributed by atoms with Crippen molar-refractivity contribution in [1.29, 1.82) is 0 Å². The first-order valence-electron chi connectivity index (χ1n) is 3.80. The van der Waals surface area contributed by atoms with E-state index < -0.39 is 17.1 Å². The zero-order valence-corrected chi connectivity index (χ0v) is 9.37. The smallest absolute Gasteiger partial charge is 0.304 e. The van der Waals surface area contributed by atoms with Crippen LogP contribution in [0.1, 0.15) is 0 Å². The number of benzene rings is 1. The van der Waals surface area contributed by atoms with Crippen molar-refractivity contribution in [2.45, 2.75) is 0 Å². The van der Waals surface area contributed by atoms with E-state index in [9.17, 15) is 14.0 Å². The molecule has 0 aliphatic carbocycles. The molecule has 0 aliphatic heterocycles. The lowest BCUT2D eigenvalue weighted by molar-refractivity contribution is 0.629. The van der Waals surface area contributed by atoms with Crippen molar-refractivity contribution in [2.24, 2.45) is 0 Å². The molecule has 2 aromatic rings. The molecular formula is C8H3BrClFN2O2. The van der Waals surface area contributed by atoms with Gasteiger partial charge in [0, 0.05) is 0 Å². The standard InChI is InChI=1S/C8H3BrClFN2O2/c9-4-3(10)1-2-6(5(4)11)12-8(15)13-7(2)14/h1H,(H2,12,13,14,15). The highest BCUT2D eigenvalue weighted by molar-refractivity contribution is 9.10. The van der Waals surface area contributed by atoms with Gasteiger partial charge in [-0.1, -0.05) is 11.6 Å². The van der Waals surface area contributed by atoms with Gasteiger partial charge in [-0.15, -0.1) is 0 Å². The van der Waals surface area contributed by atoms with Gasteiger partial charge in [0.15, 0.2) is 5.82 Å². The maximum Gasteiger partial charge on any atom is 0.326 e. The number of H-pyrrole nitrogens is 2. The third-order valence-electron chi connectivity index (χ3n) is 1.87. The molecule has 0 saturated heterocycles. The zero-order valence-electron chi connectivity index (χ0n) is 7.03. The molecule has 0 atom stereocenters. The fourth-order valence-electron chi connectivity index (χ4n) is 1.21. The second kappa shape index (κ2) is 3.46. The van der Waals surface area contributed by atoms with Crippen molar-refractivity contribution in [3.8, 4) is 0 Å². The van der Waals surface area contributed by atoms with E-state index in [4.69, 9.17) is 11.6 Å². The minimum Gasteiger partial charge on any atom is -0.304 e. The summed E-state index contributed by atoms with van der Waals surface area (Å²) in [5, 5.41) is 0.0675. The highest BCUT2D eigenvalue weighted by Crippen LogP contribution is 2.29. The van der Waals surface area contributed by atoms with Gasteiger partial charge < -0.3 is 4.98 Å². The summed E-state index contributed by atoms with van der Waals surface area (Å²) in [5.74, 6) is -0.763. The van der Waals surface area contributed by atoms with E-state index in [2.05, 4.69) is 20.9 Å². The molecule has 1 aromatic carbocycles. The molecule has 0 aliphatic rings. The molecule has 0 spiro atoms. The largest absolute Gasteiger partial charge is 0.326 e. The predicted molar refractivity (Wildman–Crippen MR) is 57.9 cm³/mol. The lowest BCUT2D eigenvalue weighted by Gasteiger charge is -2.02. The fraction of sp³-hybridized carbons (Fsp3) is 0. The van der Waals surface area contributed by atoms with Crippen LogP contribution in [0.5, 0.6) is 0 Å². The Morgan fingerprint density at radius 1 is 1.33 bits per heavy atom. The van der Waals surface area contributed by atoms with Gasteiger partial charge in [0.05, 0.1) is 20.4 Å². The number of hydrogen-bond acceptors (Lipinski definition) is 2. The Kier molecular flexibility index (Phi) is 2.40. The topological polar surface area (TPSA) is 65.7 Å². The van der Waals surface area contributed by atoms with Gasteiger partial charge in [-0.05, 0) is 22.0 Å². The van der Waals surface area contributed by atoms with Gasteiger partial charge in [0.25, 0.3) is 5.56 Å². The van der Waals surface area contributed by atoms with Gasteiger partial charge in [0.1, 0.15) is 0 Å². The number of hydrogen-bond donors (Lipinski definition) is 2. The summed E-state index contributed by atoms with van der Waals surface area (Å²) in [5.41, 5.74) is -1.61. The van der Waals surface area contributed by atoms with Crippen molar-refractivity contribution < 1.29 is 4.39 Å². The van der Waals surface area contributed by atoms with E-state index in [-0.39, 0.29) is 20.4 Å². The van der Waals surface area contributed by atoms with Crippen LogP contribution in [-0.4, -0.2) is 9.97 Å². The number of halogens is 3. The summed E-state index contributed by atoms with van der Waals surface area (Å²) in [6, 6.07) is 1.28. The molecule has 4 nitrogen and oxygen atoms in total. The highest BCUT2D eigenvalue weighted by atomic mass is 79.9. The molecule has 0 saturated carbocycles. The molecule has 0 unspecified atom stereocenters. The molecule has 2 rings (SSSR count). The molecule has 0 fully saturated rings. The minimum absolute atomic E-state index is 0.000278. The summed E-state index contributed by atoms with van der Waals surface area (Å²) in [6.45, 7) is 0. The van der Waals surface area contributed by atoms with Crippen LogP contribution in [-0.2, 0) is 0 Å². The summed E-state index contributed by atoms with van der Waals surface area (Å²) in [4.78, 5) is 26.4. The SMILES string of the molecule is O=c1[nH]c(=O)c2cc(Cl)c(Br)c(F)c2[nH]1. The van der Waals surface area contributed by atoms with E-state index >= 15 is 0 Å². The lowest BCUT2D eigenvalue weighted by Crippen LogP contribution is -2.22. The van der Waals surface area contributed by atoms with Crippen LogP contribution in [0, 0.1) is 5.82 Å². The molecule has 2 N–H and O–H groups in total. The maximum absolute atomic E-state index is 13.6. The van der Waals surface area contributed by atoms with Crippen LogP contribution < -0.4 is 11.2 Å². The minimum atomic E-state index is -0.763. The third kappa shape index (κ3) is 1.59. The van der Waals surface area contributed by atoms with Gasteiger partial charge in [0.2, 0.25) is 0 Å². The molecule has 78 valence electrons. The molecule has 1 heterocycles. The van der Waals surface area contributed by atoms with Crippen LogP contribution in [0.15, 0.2) is 20.1 Å². The summed E-state index contributed by atoms with van der Waals surface area (Å²) >= 11 is 8.58. The number of aromatic nitrogens is 2. The molecular weight excluding hydrogens is 290 g/mol. The molecule has 0 bridgehead atoms. The Morgan fingerprint density at radius 3 is 2.67 bits per heavy atom. The van der Waals surface area contributed by atoms with E-state index in [1.54, 1.807) is 0 Å². The quantitative estimate of drug-likeness (QED) is 0.727. The van der Waals surface area contributed by atoms with Crippen LogP contribution in [0.4, 0.5) is 4.39 Å². The van der Waals surface area contributed by atoms with Crippen LogP contribution in [0.3, 0.4) is 0 Å². The Morgan fingerprint density at radius 2 is 2.00 bits per heavy atom. The monoisotopic (exact) mass is 292 g/mol. The second-order valence-electron chi connectivity index (χ2n) is 2.82. The van der Waals surface area contributed by atoms with Gasteiger partial charge in [-0.3, -0.25) is 9.78 Å². The molecule has 1 aromatic heterocycles. The van der Waals surface area contributed by atoms with Crippen LogP contribution >= 0.6 is 27.5 Å². The Hall–Kier alpha value is -1.14. The number of rotatable bonds is 0. The van der Waals surface area contributed by atoms with E-state index in [0.29, 0.717) is 0 Å². The summed E-state index contributed by atoms with van der Waals surface area (Å²) < 4.78 is 13.6. The second-order valence-corrected chi connectivity index (χ2v) is 4.02. The van der Waals surface area contributed by atoms with Crippen molar-refractivity contribution in [2.75, 3.05) is 0 Å². The van der Waals surface area contributed by atoms with Crippen molar-refractivity contribution in [3.05, 3.63) is 42.2 Å². The Bertz CT molecular complexity index is 664. The Labute approximate surface area is 95.2 Å². The number of fused-ring (bicyclic) bond motifs is 1. The van der Waals surface area contributed by atoms with Crippen molar-refractivity contribution >= 4 is 38.4 Å². The third-order valence-corrected chi connectivity index (χ3v) is 3.17. The average molecular weight is 293 g/mol. The van der Waals surface area contributed by atoms with Gasteiger partial charge in [-0.2, -0.15) is 0 Å². The maximum atomic E-state index is 13.6.